The van der Waals surface area contributed by atoms with Crippen molar-refractivity contribution in [1.29, 1.82) is 0 Å². The average Bonchev–Trinajstić information content (AvgIpc) is 3.13. The van der Waals surface area contributed by atoms with Crippen LogP contribution in [0.1, 0.15) is 25.7 Å². The highest BCUT2D eigenvalue weighted by Gasteiger charge is 2.30. The molecule has 1 N–H and O–H groups in total. The van der Waals surface area contributed by atoms with E-state index in [9.17, 15) is 14.4 Å². The molecule has 3 amide bonds. The Kier molecular flexibility index (Phi) is 3.99. The molecule has 1 aromatic rings. The predicted molar refractivity (Wildman–Crippen MR) is 78.1 cm³/mol. The summed E-state index contributed by atoms with van der Waals surface area (Å²) >= 11 is 0. The second-order valence-electron chi connectivity index (χ2n) is 5.38. The molecular weight excluding hydrogens is 286 g/mol. The highest BCUT2D eigenvalue weighted by molar-refractivity contribution is 6.06. The molecule has 0 saturated carbocycles. The molecule has 0 bridgehead atoms. The fraction of sp³-hybridized carbons (Fsp3) is 0.500. The van der Waals surface area contributed by atoms with Gasteiger partial charge < -0.3 is 10.2 Å². The van der Waals surface area contributed by atoms with E-state index in [1.165, 1.54) is 6.33 Å². The zero-order valence-electron chi connectivity index (χ0n) is 12.1. The van der Waals surface area contributed by atoms with Crippen molar-refractivity contribution < 1.29 is 14.4 Å². The number of nitrogens with one attached hydrogen (secondary N) is 1. The normalized spacial score (nSPS) is 18.2. The van der Waals surface area contributed by atoms with Crippen LogP contribution in [0.4, 0.5) is 11.6 Å². The predicted octanol–water partition coefficient (Wildman–Crippen LogP) is 0.164. The van der Waals surface area contributed by atoms with Gasteiger partial charge in [0.2, 0.25) is 17.7 Å². The summed E-state index contributed by atoms with van der Waals surface area (Å²) in [5.41, 5.74) is 0. The maximum Gasteiger partial charge on any atom is 0.245 e. The van der Waals surface area contributed by atoms with Crippen molar-refractivity contribution in [1.82, 2.24) is 14.9 Å². The third-order valence-electron chi connectivity index (χ3n) is 3.81. The molecule has 3 heterocycles. The number of likely N-dealkylation sites (tertiary alicyclic amines) is 1. The maximum atomic E-state index is 12.0. The molecule has 0 atom stereocenters. The Balaban J connectivity index is 1.62. The van der Waals surface area contributed by atoms with Crippen LogP contribution in [0.2, 0.25) is 0 Å². The Morgan fingerprint density at radius 3 is 2.50 bits per heavy atom. The first-order valence-electron chi connectivity index (χ1n) is 7.33. The minimum atomic E-state index is -0.435. The van der Waals surface area contributed by atoms with E-state index in [4.69, 9.17) is 0 Å². The van der Waals surface area contributed by atoms with Crippen molar-refractivity contribution in [2.24, 2.45) is 0 Å². The van der Waals surface area contributed by atoms with Crippen molar-refractivity contribution in [3.05, 3.63) is 12.4 Å². The second-order valence-corrected chi connectivity index (χ2v) is 5.38. The van der Waals surface area contributed by atoms with Gasteiger partial charge in [0.1, 0.15) is 24.5 Å². The van der Waals surface area contributed by atoms with Gasteiger partial charge in [-0.05, 0) is 12.8 Å². The summed E-state index contributed by atoms with van der Waals surface area (Å²) in [4.78, 5) is 46.3. The van der Waals surface area contributed by atoms with Crippen LogP contribution in [0.5, 0.6) is 0 Å². The van der Waals surface area contributed by atoms with Gasteiger partial charge >= 0.3 is 0 Å². The number of carbonyl (C=O) groups is 3. The van der Waals surface area contributed by atoms with Crippen LogP contribution in [0.25, 0.3) is 0 Å². The summed E-state index contributed by atoms with van der Waals surface area (Å²) < 4.78 is 0. The molecular formula is C14H17N5O3. The second kappa shape index (κ2) is 6.08. The van der Waals surface area contributed by atoms with Crippen molar-refractivity contribution in [3.63, 3.8) is 0 Å². The van der Waals surface area contributed by atoms with Gasteiger partial charge in [-0.25, -0.2) is 9.97 Å². The monoisotopic (exact) mass is 303 g/mol. The molecule has 8 nitrogen and oxygen atoms in total. The number of nitrogens with zero attached hydrogens (tertiary/aromatic N) is 4. The number of amides is 3. The molecule has 2 saturated heterocycles. The number of hydrogen-bond acceptors (Lipinski definition) is 6. The van der Waals surface area contributed by atoms with Crippen LogP contribution in [0.15, 0.2) is 12.4 Å². The molecule has 8 heteroatoms. The lowest BCUT2D eigenvalue weighted by Crippen LogP contribution is -2.37. The fourth-order valence-corrected chi connectivity index (χ4v) is 2.66. The third-order valence-corrected chi connectivity index (χ3v) is 3.81. The van der Waals surface area contributed by atoms with Gasteiger partial charge in [-0.2, -0.15) is 0 Å². The van der Waals surface area contributed by atoms with Crippen LogP contribution in [0, 0.1) is 0 Å². The van der Waals surface area contributed by atoms with Gasteiger partial charge in [-0.1, -0.05) is 0 Å². The number of anilines is 2. The first kappa shape index (κ1) is 14.4. The number of hydrogen-bond donors (Lipinski definition) is 1. The zero-order chi connectivity index (χ0) is 15.5. The summed E-state index contributed by atoms with van der Waals surface area (Å²) in [6.45, 7) is 1.63. The van der Waals surface area contributed by atoms with E-state index in [2.05, 4.69) is 20.2 Å². The minimum Gasteiger partial charge on any atom is -0.356 e. The summed E-state index contributed by atoms with van der Waals surface area (Å²) in [5, 5.41) is 2.61. The first-order chi connectivity index (χ1) is 10.6. The zero-order valence-corrected chi connectivity index (χ0v) is 12.1. The molecule has 116 valence electrons. The molecule has 0 aromatic carbocycles. The quantitative estimate of drug-likeness (QED) is 0.796. The van der Waals surface area contributed by atoms with E-state index in [0.717, 1.165) is 36.6 Å². The summed E-state index contributed by atoms with van der Waals surface area (Å²) in [6.07, 6.45) is 4.02. The van der Waals surface area contributed by atoms with E-state index in [-0.39, 0.29) is 31.2 Å². The fourth-order valence-electron chi connectivity index (χ4n) is 2.66. The molecule has 2 fully saturated rings. The van der Waals surface area contributed by atoms with E-state index in [1.807, 2.05) is 0 Å². The molecule has 0 unspecified atom stereocenters. The van der Waals surface area contributed by atoms with Crippen LogP contribution < -0.4 is 10.2 Å². The highest BCUT2D eigenvalue weighted by atomic mass is 16.2. The van der Waals surface area contributed by atoms with E-state index in [1.54, 1.807) is 6.07 Å². The molecule has 22 heavy (non-hydrogen) atoms. The summed E-state index contributed by atoms with van der Waals surface area (Å²) in [7, 11) is 0. The van der Waals surface area contributed by atoms with Gasteiger partial charge in [0.05, 0.1) is 0 Å². The lowest BCUT2D eigenvalue weighted by Gasteiger charge is -2.17. The van der Waals surface area contributed by atoms with Crippen LogP contribution >= 0.6 is 0 Å². The lowest BCUT2D eigenvalue weighted by molar-refractivity contribution is -0.141. The van der Waals surface area contributed by atoms with Gasteiger partial charge in [0.15, 0.2) is 0 Å². The summed E-state index contributed by atoms with van der Waals surface area (Å²) in [6, 6.07) is 1.71. The Morgan fingerprint density at radius 1 is 1.14 bits per heavy atom. The SMILES string of the molecule is O=C(CN1C(=O)CCC1=O)Nc1cc(N2CCCC2)ncn1. The van der Waals surface area contributed by atoms with Crippen LogP contribution in [-0.4, -0.2) is 52.2 Å². The smallest absolute Gasteiger partial charge is 0.245 e. The van der Waals surface area contributed by atoms with Crippen LogP contribution in [0.3, 0.4) is 0 Å². The van der Waals surface area contributed by atoms with E-state index < -0.39 is 5.91 Å². The largest absolute Gasteiger partial charge is 0.356 e. The molecule has 2 aliphatic rings. The minimum absolute atomic E-state index is 0.179. The van der Waals surface area contributed by atoms with Crippen molar-refractivity contribution in [2.45, 2.75) is 25.7 Å². The molecule has 0 spiro atoms. The number of rotatable bonds is 4. The Labute approximate surface area is 127 Å². The van der Waals surface area contributed by atoms with E-state index in [0.29, 0.717) is 5.82 Å². The summed E-state index contributed by atoms with van der Waals surface area (Å²) in [5.74, 6) is 0.105. The number of carbonyl (C=O) groups excluding carboxylic acids is 3. The Bertz CT molecular complexity index is 596. The van der Waals surface area contributed by atoms with E-state index >= 15 is 0 Å². The molecule has 2 aliphatic heterocycles. The molecule has 0 aliphatic carbocycles. The van der Waals surface area contributed by atoms with Crippen molar-refractivity contribution in [2.75, 3.05) is 29.9 Å². The molecule has 3 rings (SSSR count). The Hall–Kier alpha value is -2.51. The van der Waals surface area contributed by atoms with Crippen molar-refractivity contribution in [3.8, 4) is 0 Å². The Morgan fingerprint density at radius 2 is 1.82 bits per heavy atom. The first-order valence-corrected chi connectivity index (χ1v) is 7.33. The standard InChI is InChI=1S/C14H17N5O3/c20-12(8-19-13(21)3-4-14(19)22)17-10-7-11(16-9-15-10)18-5-1-2-6-18/h7,9H,1-6,8H2,(H,15,16,17,20). The topological polar surface area (TPSA) is 95.5 Å². The van der Waals surface area contributed by atoms with Gasteiger partial charge in [-0.15, -0.1) is 0 Å². The van der Waals surface area contributed by atoms with Crippen molar-refractivity contribution >= 4 is 29.4 Å². The van der Waals surface area contributed by atoms with Gasteiger partial charge in [0.25, 0.3) is 0 Å². The average molecular weight is 303 g/mol. The lowest BCUT2D eigenvalue weighted by atomic mass is 10.4. The molecule has 0 radical (unpaired) electrons. The number of imide groups is 1. The highest BCUT2D eigenvalue weighted by Crippen LogP contribution is 2.19. The number of aromatic nitrogens is 2. The maximum absolute atomic E-state index is 12.0. The molecule has 1 aromatic heterocycles. The van der Waals surface area contributed by atoms with Gasteiger partial charge in [0, 0.05) is 32.0 Å². The third kappa shape index (κ3) is 3.05. The van der Waals surface area contributed by atoms with Gasteiger partial charge in [-0.3, -0.25) is 19.3 Å². The van der Waals surface area contributed by atoms with Crippen LogP contribution in [-0.2, 0) is 14.4 Å².